The lowest BCUT2D eigenvalue weighted by atomic mass is 9.89. The van der Waals surface area contributed by atoms with Crippen molar-refractivity contribution in [3.63, 3.8) is 0 Å². The van der Waals surface area contributed by atoms with Gasteiger partial charge in [0.25, 0.3) is 10.0 Å². The number of carbonyl (C=O) groups is 2. The molecule has 2 aromatic carbocycles. The van der Waals surface area contributed by atoms with Crippen LogP contribution in [0.4, 0.5) is 10.5 Å². The van der Waals surface area contributed by atoms with Crippen molar-refractivity contribution < 1.29 is 32.2 Å². The third-order valence-corrected chi connectivity index (χ3v) is 8.05. The Kier molecular flexibility index (Phi) is 4.20. The summed E-state index contributed by atoms with van der Waals surface area (Å²) in [6, 6.07) is 13.1. The monoisotopic (exact) mass is 444 g/mol. The Morgan fingerprint density at radius 2 is 1.90 bits per heavy atom. The molecule has 9 nitrogen and oxygen atoms in total. The Morgan fingerprint density at radius 3 is 2.58 bits per heavy atom. The average Bonchev–Trinajstić information content (AvgIpc) is 3.40. The Hall–Kier alpha value is -3.27. The van der Waals surface area contributed by atoms with Gasteiger partial charge in [0.05, 0.1) is 24.8 Å². The first kappa shape index (κ1) is 19.7. The highest BCUT2D eigenvalue weighted by Gasteiger charge is 2.69. The minimum absolute atomic E-state index is 0.0838. The molecule has 0 spiro atoms. The molecule has 3 atom stereocenters. The van der Waals surface area contributed by atoms with E-state index in [2.05, 4.69) is 0 Å². The Morgan fingerprint density at radius 1 is 1.16 bits per heavy atom. The molecule has 0 aliphatic carbocycles. The molecule has 10 heteroatoms. The second-order valence-corrected chi connectivity index (χ2v) is 9.53. The number of fused-ring (bicyclic) bond motifs is 5. The van der Waals surface area contributed by atoms with E-state index in [0.29, 0.717) is 17.0 Å². The molecule has 0 unspecified atom stereocenters. The number of rotatable bonds is 4. The van der Waals surface area contributed by atoms with Gasteiger partial charge in [0.1, 0.15) is 18.5 Å². The van der Waals surface area contributed by atoms with Crippen LogP contribution in [0.15, 0.2) is 53.4 Å². The van der Waals surface area contributed by atoms with Gasteiger partial charge in [0.2, 0.25) is 0 Å². The summed E-state index contributed by atoms with van der Waals surface area (Å²) in [6.45, 7) is -0.190. The third kappa shape index (κ3) is 2.51. The van der Waals surface area contributed by atoms with Crippen molar-refractivity contribution in [2.24, 2.45) is 0 Å². The zero-order valence-electron chi connectivity index (χ0n) is 16.8. The molecule has 0 aromatic heterocycles. The van der Waals surface area contributed by atoms with E-state index in [1.54, 1.807) is 36.4 Å². The number of anilines is 1. The maximum Gasteiger partial charge on any atom is 0.412 e. The van der Waals surface area contributed by atoms with E-state index in [1.807, 2.05) is 0 Å². The minimum atomic E-state index is -4.06. The van der Waals surface area contributed by atoms with E-state index < -0.39 is 39.7 Å². The van der Waals surface area contributed by atoms with E-state index in [-0.39, 0.29) is 17.9 Å². The molecule has 2 aromatic rings. The average molecular weight is 444 g/mol. The Labute approximate surface area is 179 Å². The Balaban J connectivity index is 1.73. The predicted octanol–water partition coefficient (Wildman–Crippen LogP) is 2.08. The van der Waals surface area contributed by atoms with Crippen LogP contribution in [0.2, 0.25) is 0 Å². The molecule has 31 heavy (non-hydrogen) atoms. The highest BCUT2D eigenvalue weighted by atomic mass is 32.2. The van der Waals surface area contributed by atoms with Crippen molar-refractivity contribution in [2.75, 3.05) is 25.1 Å². The van der Waals surface area contributed by atoms with Crippen LogP contribution in [0.1, 0.15) is 17.9 Å². The van der Waals surface area contributed by atoms with E-state index in [1.165, 1.54) is 35.6 Å². The van der Waals surface area contributed by atoms with Gasteiger partial charge in [-0.05, 0) is 42.3 Å². The molecule has 162 valence electrons. The summed E-state index contributed by atoms with van der Waals surface area (Å²) in [7, 11) is -1.30. The molecular formula is C21H20N2O7S. The van der Waals surface area contributed by atoms with Gasteiger partial charge in [0.15, 0.2) is 5.54 Å². The molecule has 0 N–H and O–H groups in total. The maximum atomic E-state index is 13.7. The fourth-order valence-electron chi connectivity index (χ4n) is 4.91. The third-order valence-electron chi connectivity index (χ3n) is 6.25. The van der Waals surface area contributed by atoms with Crippen LogP contribution < -0.4 is 9.04 Å². The summed E-state index contributed by atoms with van der Waals surface area (Å²) in [5.41, 5.74) is -0.251. The van der Waals surface area contributed by atoms with Gasteiger partial charge < -0.3 is 14.2 Å². The molecule has 3 aliphatic heterocycles. The minimum Gasteiger partial charge on any atom is -0.497 e. The first-order chi connectivity index (χ1) is 14.8. The number of benzene rings is 2. The summed E-state index contributed by atoms with van der Waals surface area (Å²) in [5, 5.41) is 0. The van der Waals surface area contributed by atoms with Gasteiger partial charge in [-0.25, -0.2) is 22.3 Å². The first-order valence-electron chi connectivity index (χ1n) is 9.67. The van der Waals surface area contributed by atoms with Crippen LogP contribution >= 0.6 is 0 Å². The molecular weight excluding hydrogens is 424 g/mol. The lowest BCUT2D eigenvalue weighted by Crippen LogP contribution is -2.57. The van der Waals surface area contributed by atoms with Crippen molar-refractivity contribution in [3.8, 4) is 5.75 Å². The fraction of sp³-hybridized carbons (Fsp3) is 0.333. The fourth-order valence-corrected chi connectivity index (χ4v) is 6.59. The number of nitrogens with zero attached hydrogens (tertiary/aromatic N) is 2. The van der Waals surface area contributed by atoms with Crippen LogP contribution in [-0.2, 0) is 24.3 Å². The predicted molar refractivity (Wildman–Crippen MR) is 108 cm³/mol. The number of methoxy groups -OCH3 is 2. The lowest BCUT2D eigenvalue weighted by Gasteiger charge is -2.34. The lowest BCUT2D eigenvalue weighted by molar-refractivity contribution is -0.151. The molecule has 0 radical (unpaired) electrons. The van der Waals surface area contributed by atoms with Gasteiger partial charge in [-0.3, -0.25) is 4.90 Å². The first-order valence-corrected chi connectivity index (χ1v) is 11.1. The van der Waals surface area contributed by atoms with Crippen molar-refractivity contribution in [3.05, 3.63) is 54.1 Å². The van der Waals surface area contributed by atoms with E-state index in [4.69, 9.17) is 14.2 Å². The highest BCUT2D eigenvalue weighted by Crippen LogP contribution is 2.57. The highest BCUT2D eigenvalue weighted by molar-refractivity contribution is 7.92. The topological polar surface area (TPSA) is 102 Å². The summed E-state index contributed by atoms with van der Waals surface area (Å²) >= 11 is 0. The van der Waals surface area contributed by atoms with Gasteiger partial charge in [-0.15, -0.1) is 0 Å². The van der Waals surface area contributed by atoms with E-state index >= 15 is 0 Å². The number of carbonyl (C=O) groups excluding carboxylic acids is 2. The number of ether oxygens (including phenoxy) is 3. The van der Waals surface area contributed by atoms with Crippen LogP contribution in [0, 0.1) is 0 Å². The van der Waals surface area contributed by atoms with Crippen LogP contribution in [0.5, 0.6) is 5.75 Å². The van der Waals surface area contributed by atoms with E-state index in [9.17, 15) is 18.0 Å². The number of hydrogen-bond acceptors (Lipinski definition) is 7. The zero-order valence-corrected chi connectivity index (χ0v) is 17.7. The van der Waals surface area contributed by atoms with Gasteiger partial charge >= 0.3 is 12.1 Å². The molecule has 0 bridgehead atoms. The largest absolute Gasteiger partial charge is 0.497 e. The normalized spacial score (nSPS) is 26.2. The number of esters is 1. The molecule has 2 saturated heterocycles. The van der Waals surface area contributed by atoms with Crippen molar-refractivity contribution in [1.82, 2.24) is 4.90 Å². The standard InChI is InChI=1S/C21H20N2O7S/c1-28-13-8-9-17-15(10-13)16-11-21(19(24)29-2)12-30-20(25)22(21)18(16)23(17)31(26,27)14-6-4-3-5-7-14/h3-10,16,18H,11-12H2,1-2H3/t16-,18+,21-/m0/s1. The van der Waals surface area contributed by atoms with Gasteiger partial charge in [0, 0.05) is 5.92 Å². The summed E-state index contributed by atoms with van der Waals surface area (Å²) < 4.78 is 44.2. The zero-order chi connectivity index (χ0) is 22.0. The number of amides is 1. The SMILES string of the molecule is COC(=O)[C@]12COC(=O)N1[C@H]1[C@@H](C2)c2cc(OC)ccc2N1S(=O)(=O)c1ccccc1. The summed E-state index contributed by atoms with van der Waals surface area (Å²) in [4.78, 5) is 26.8. The van der Waals surface area contributed by atoms with Gasteiger partial charge in [-0.1, -0.05) is 18.2 Å². The second-order valence-electron chi connectivity index (χ2n) is 7.71. The second kappa shape index (κ2) is 6.61. The number of hydrogen-bond donors (Lipinski definition) is 0. The van der Waals surface area contributed by atoms with Crippen LogP contribution in [0.25, 0.3) is 0 Å². The summed E-state index contributed by atoms with van der Waals surface area (Å²) in [5.74, 6) is -0.525. The molecule has 3 aliphatic rings. The van der Waals surface area contributed by atoms with Crippen molar-refractivity contribution in [1.29, 1.82) is 0 Å². The van der Waals surface area contributed by atoms with Crippen LogP contribution in [-0.4, -0.2) is 57.9 Å². The summed E-state index contributed by atoms with van der Waals surface area (Å²) in [6.07, 6.45) is -1.52. The van der Waals surface area contributed by atoms with Gasteiger partial charge in [-0.2, -0.15) is 0 Å². The van der Waals surface area contributed by atoms with E-state index in [0.717, 1.165) is 0 Å². The molecule has 0 saturated carbocycles. The van der Waals surface area contributed by atoms with Crippen molar-refractivity contribution >= 4 is 27.8 Å². The molecule has 1 amide bonds. The Bertz CT molecular complexity index is 1180. The quantitative estimate of drug-likeness (QED) is 0.665. The molecule has 3 heterocycles. The molecule has 5 rings (SSSR count). The van der Waals surface area contributed by atoms with Crippen LogP contribution in [0.3, 0.4) is 0 Å². The maximum absolute atomic E-state index is 13.7. The smallest absolute Gasteiger partial charge is 0.412 e. The molecule has 2 fully saturated rings. The number of cyclic esters (lactones) is 1. The number of sulfonamides is 1. The van der Waals surface area contributed by atoms with Crippen molar-refractivity contribution in [2.45, 2.75) is 28.9 Å².